The van der Waals surface area contributed by atoms with E-state index in [1.54, 1.807) is 12.1 Å². The van der Waals surface area contributed by atoms with Crippen LogP contribution in [0, 0.1) is 23.7 Å². The van der Waals surface area contributed by atoms with Gasteiger partial charge < -0.3 is 5.32 Å². The summed E-state index contributed by atoms with van der Waals surface area (Å²) in [7, 11) is -3.15. The number of rotatable bonds is 3. The van der Waals surface area contributed by atoms with Gasteiger partial charge in [-0.25, -0.2) is 8.42 Å². The summed E-state index contributed by atoms with van der Waals surface area (Å²) >= 11 is 0. The van der Waals surface area contributed by atoms with Crippen molar-refractivity contribution < 1.29 is 8.42 Å². The Morgan fingerprint density at radius 1 is 1.11 bits per heavy atom. The second-order valence-corrected chi connectivity index (χ2v) is 8.41. The summed E-state index contributed by atoms with van der Waals surface area (Å²) in [5, 5.41) is 3.51. The monoisotopic (exact) mass is 277 g/mol. The Labute approximate surface area is 114 Å². The first kappa shape index (κ1) is 11.8. The predicted molar refractivity (Wildman–Crippen MR) is 74.8 cm³/mol. The van der Waals surface area contributed by atoms with Gasteiger partial charge in [-0.15, -0.1) is 0 Å². The molecular formula is C15H19NO2S. The van der Waals surface area contributed by atoms with Crippen molar-refractivity contribution in [3.05, 3.63) is 24.3 Å². The number of nitrogens with one attached hydrogen (secondary N) is 1. The van der Waals surface area contributed by atoms with Crippen LogP contribution in [-0.2, 0) is 9.84 Å². The molecule has 1 N–H and O–H groups in total. The van der Waals surface area contributed by atoms with Crippen LogP contribution < -0.4 is 5.32 Å². The van der Waals surface area contributed by atoms with E-state index in [1.807, 2.05) is 12.1 Å². The fraction of sp³-hybridized carbons (Fsp3) is 0.600. The minimum atomic E-state index is -3.15. The fourth-order valence-corrected chi connectivity index (χ4v) is 5.46. The lowest BCUT2D eigenvalue weighted by atomic mass is 10.0. The van der Waals surface area contributed by atoms with E-state index in [0.717, 1.165) is 29.4 Å². The molecule has 0 aromatic heterocycles. The third kappa shape index (κ3) is 1.72. The lowest BCUT2D eigenvalue weighted by Gasteiger charge is -2.14. The Bertz CT molecular complexity index is 609. The molecule has 4 rings (SSSR count). The third-order valence-corrected chi connectivity index (χ3v) is 6.50. The van der Waals surface area contributed by atoms with Crippen LogP contribution in [0.1, 0.15) is 19.3 Å². The first-order chi connectivity index (χ1) is 9.05. The molecule has 3 saturated carbocycles. The number of benzene rings is 1. The molecule has 4 atom stereocenters. The van der Waals surface area contributed by atoms with Crippen LogP contribution >= 0.6 is 0 Å². The highest BCUT2D eigenvalue weighted by Crippen LogP contribution is 2.66. The topological polar surface area (TPSA) is 46.2 Å². The smallest absolute Gasteiger partial charge is 0.177 e. The van der Waals surface area contributed by atoms with Gasteiger partial charge in [-0.3, -0.25) is 0 Å². The van der Waals surface area contributed by atoms with Gasteiger partial charge in [-0.05, 0) is 55.1 Å². The zero-order valence-electron chi connectivity index (χ0n) is 11.0. The van der Waals surface area contributed by atoms with Crippen LogP contribution in [-0.4, -0.2) is 20.7 Å². The number of hydrogen-bond acceptors (Lipinski definition) is 3. The van der Waals surface area contributed by atoms with E-state index in [1.165, 1.54) is 25.5 Å². The zero-order chi connectivity index (χ0) is 13.2. The Balaban J connectivity index is 1.59. The molecule has 2 bridgehead atoms. The Morgan fingerprint density at radius 3 is 2.37 bits per heavy atom. The van der Waals surface area contributed by atoms with Gasteiger partial charge in [-0.2, -0.15) is 0 Å². The van der Waals surface area contributed by atoms with Gasteiger partial charge in [0, 0.05) is 12.3 Å². The molecule has 3 nitrogen and oxygen atoms in total. The first-order valence-electron chi connectivity index (χ1n) is 7.11. The summed E-state index contributed by atoms with van der Waals surface area (Å²) in [6.07, 6.45) is 5.47. The number of hydrogen-bond donors (Lipinski definition) is 1. The van der Waals surface area contributed by atoms with E-state index in [0.29, 0.717) is 10.9 Å². The van der Waals surface area contributed by atoms with Crippen molar-refractivity contribution in [3.63, 3.8) is 0 Å². The second-order valence-electron chi connectivity index (χ2n) is 6.43. The molecule has 4 heteroatoms. The summed E-state index contributed by atoms with van der Waals surface area (Å²) in [4.78, 5) is 0.437. The van der Waals surface area contributed by atoms with Crippen LogP contribution in [0.3, 0.4) is 0 Å². The van der Waals surface area contributed by atoms with Gasteiger partial charge in [0.1, 0.15) is 0 Å². The zero-order valence-corrected chi connectivity index (χ0v) is 11.9. The quantitative estimate of drug-likeness (QED) is 0.923. The SMILES string of the molecule is CS(=O)(=O)c1ccccc1NC1C2C3CCC(C3)C12. The molecule has 0 spiro atoms. The molecule has 3 aliphatic carbocycles. The fourth-order valence-electron chi connectivity index (χ4n) is 4.61. The molecule has 0 saturated heterocycles. The summed E-state index contributed by atoms with van der Waals surface area (Å²) in [5.41, 5.74) is 0.795. The number of para-hydroxylation sites is 1. The average Bonchev–Trinajstić information content (AvgIpc) is 2.77. The molecular weight excluding hydrogens is 258 g/mol. The molecule has 3 aliphatic rings. The third-order valence-electron chi connectivity index (χ3n) is 5.34. The molecule has 3 fully saturated rings. The molecule has 4 unspecified atom stereocenters. The first-order valence-corrected chi connectivity index (χ1v) is 9.00. The van der Waals surface area contributed by atoms with Crippen LogP contribution in [0.25, 0.3) is 0 Å². The van der Waals surface area contributed by atoms with Crippen molar-refractivity contribution in [2.45, 2.75) is 30.2 Å². The van der Waals surface area contributed by atoms with Gasteiger partial charge in [0.05, 0.1) is 10.6 Å². The molecule has 19 heavy (non-hydrogen) atoms. The van der Waals surface area contributed by atoms with E-state index in [-0.39, 0.29) is 0 Å². The maximum atomic E-state index is 11.8. The van der Waals surface area contributed by atoms with Gasteiger partial charge >= 0.3 is 0 Å². The Kier molecular flexibility index (Phi) is 2.32. The summed E-state index contributed by atoms with van der Waals surface area (Å²) in [5.74, 6) is 3.42. The molecule has 0 radical (unpaired) electrons. The van der Waals surface area contributed by atoms with Crippen molar-refractivity contribution in [2.24, 2.45) is 23.7 Å². The van der Waals surface area contributed by atoms with Gasteiger partial charge in [0.15, 0.2) is 9.84 Å². The predicted octanol–water partition coefficient (Wildman–Crippen LogP) is 2.55. The second kappa shape index (κ2) is 3.75. The highest BCUT2D eigenvalue weighted by molar-refractivity contribution is 7.90. The van der Waals surface area contributed by atoms with Crippen molar-refractivity contribution in [1.29, 1.82) is 0 Å². The van der Waals surface area contributed by atoms with Crippen LogP contribution in [0.4, 0.5) is 5.69 Å². The molecule has 1 aromatic carbocycles. The van der Waals surface area contributed by atoms with E-state index >= 15 is 0 Å². The molecule has 0 aliphatic heterocycles. The number of fused-ring (bicyclic) bond motifs is 5. The van der Waals surface area contributed by atoms with Gasteiger partial charge in [0.2, 0.25) is 0 Å². The van der Waals surface area contributed by atoms with E-state index in [9.17, 15) is 8.42 Å². The molecule has 0 amide bonds. The van der Waals surface area contributed by atoms with E-state index in [4.69, 9.17) is 0 Å². The number of anilines is 1. The van der Waals surface area contributed by atoms with Crippen molar-refractivity contribution in [2.75, 3.05) is 11.6 Å². The largest absolute Gasteiger partial charge is 0.381 e. The maximum absolute atomic E-state index is 11.8. The lowest BCUT2D eigenvalue weighted by Crippen LogP contribution is -2.14. The van der Waals surface area contributed by atoms with Gasteiger partial charge in [-0.1, -0.05) is 12.1 Å². The van der Waals surface area contributed by atoms with Crippen LogP contribution in [0.15, 0.2) is 29.2 Å². The summed E-state index contributed by atoms with van der Waals surface area (Å²) in [6.45, 7) is 0. The van der Waals surface area contributed by atoms with E-state index < -0.39 is 9.84 Å². The molecule has 102 valence electrons. The average molecular weight is 277 g/mol. The highest BCUT2D eigenvalue weighted by Gasteiger charge is 2.65. The normalized spacial score (nSPS) is 39.1. The Morgan fingerprint density at radius 2 is 1.74 bits per heavy atom. The van der Waals surface area contributed by atoms with Crippen molar-refractivity contribution >= 4 is 15.5 Å². The van der Waals surface area contributed by atoms with Crippen LogP contribution in [0.5, 0.6) is 0 Å². The lowest BCUT2D eigenvalue weighted by molar-refractivity contribution is 0.456. The van der Waals surface area contributed by atoms with Crippen LogP contribution in [0.2, 0.25) is 0 Å². The summed E-state index contributed by atoms with van der Waals surface area (Å²) < 4.78 is 23.6. The Hall–Kier alpha value is -1.03. The minimum Gasteiger partial charge on any atom is -0.381 e. The van der Waals surface area contributed by atoms with Crippen molar-refractivity contribution in [1.82, 2.24) is 0 Å². The van der Waals surface area contributed by atoms with Crippen molar-refractivity contribution in [3.8, 4) is 0 Å². The standard InChI is InChI=1S/C15H19NO2S/c1-19(17,18)12-5-3-2-4-11(12)16-15-13-9-6-7-10(8-9)14(13)15/h2-5,9-10,13-16H,6-8H2,1H3. The van der Waals surface area contributed by atoms with Gasteiger partial charge in [0.25, 0.3) is 0 Å². The van der Waals surface area contributed by atoms with E-state index in [2.05, 4.69) is 5.32 Å². The number of sulfone groups is 1. The molecule has 1 aromatic rings. The highest BCUT2D eigenvalue weighted by atomic mass is 32.2. The molecule has 0 heterocycles. The maximum Gasteiger partial charge on any atom is 0.177 e. The minimum absolute atomic E-state index is 0.437. The summed E-state index contributed by atoms with van der Waals surface area (Å²) in [6, 6.07) is 7.81.